The number of aryl methyl sites for hydroxylation is 2. The highest BCUT2D eigenvalue weighted by Crippen LogP contribution is 2.28. The predicted molar refractivity (Wildman–Crippen MR) is 77.2 cm³/mol. The van der Waals surface area contributed by atoms with Crippen molar-refractivity contribution >= 4 is 17.2 Å². The van der Waals surface area contributed by atoms with E-state index in [0.717, 1.165) is 16.3 Å². The first-order valence-corrected chi connectivity index (χ1v) is 6.88. The number of nitriles is 1. The van der Waals surface area contributed by atoms with Crippen LogP contribution in [-0.4, -0.2) is 9.97 Å². The van der Waals surface area contributed by atoms with Gasteiger partial charge in [-0.25, -0.2) is 9.97 Å². The van der Waals surface area contributed by atoms with E-state index in [1.807, 2.05) is 39.1 Å². The molecule has 5 heteroatoms. The van der Waals surface area contributed by atoms with Crippen LogP contribution in [0.15, 0.2) is 17.6 Å². The highest BCUT2D eigenvalue weighted by atomic mass is 32.1. The summed E-state index contributed by atoms with van der Waals surface area (Å²) >= 11 is 1.59. The number of thiazole rings is 1. The molecule has 19 heavy (non-hydrogen) atoms. The fourth-order valence-corrected chi connectivity index (χ4v) is 2.67. The molecule has 0 atom stereocenters. The summed E-state index contributed by atoms with van der Waals surface area (Å²) in [5.74, 6) is 0.625. The topological polar surface area (TPSA) is 61.6 Å². The monoisotopic (exact) mass is 272 g/mol. The number of nitrogens with zero attached hydrogens (tertiary/aromatic N) is 3. The standard InChI is InChI=1S/C14H16N4S/c1-9-7-10(2)17-12(11(9)8-15)18-14(3,4)13-16-5-6-19-13/h5-7H,1-4H3,(H,17,18). The maximum Gasteiger partial charge on any atom is 0.145 e. The largest absolute Gasteiger partial charge is 0.358 e. The summed E-state index contributed by atoms with van der Waals surface area (Å²) < 4.78 is 0. The van der Waals surface area contributed by atoms with Crippen molar-refractivity contribution in [3.05, 3.63) is 39.5 Å². The van der Waals surface area contributed by atoms with Gasteiger partial charge in [0.05, 0.1) is 11.1 Å². The van der Waals surface area contributed by atoms with E-state index >= 15 is 0 Å². The molecule has 0 fully saturated rings. The van der Waals surface area contributed by atoms with Gasteiger partial charge < -0.3 is 5.32 Å². The number of nitrogens with one attached hydrogen (secondary N) is 1. The molecule has 4 nitrogen and oxygen atoms in total. The van der Waals surface area contributed by atoms with Gasteiger partial charge in [-0.05, 0) is 39.3 Å². The highest BCUT2D eigenvalue weighted by molar-refractivity contribution is 7.09. The van der Waals surface area contributed by atoms with Gasteiger partial charge >= 0.3 is 0 Å². The van der Waals surface area contributed by atoms with Gasteiger partial charge in [-0.2, -0.15) is 5.26 Å². The third-order valence-electron chi connectivity index (χ3n) is 2.85. The van der Waals surface area contributed by atoms with Crippen molar-refractivity contribution in [2.75, 3.05) is 5.32 Å². The normalized spacial score (nSPS) is 11.1. The maximum atomic E-state index is 9.27. The van der Waals surface area contributed by atoms with E-state index in [1.165, 1.54) is 0 Å². The zero-order valence-corrected chi connectivity index (χ0v) is 12.3. The minimum absolute atomic E-state index is 0.354. The second kappa shape index (κ2) is 4.98. The first kappa shape index (κ1) is 13.5. The number of hydrogen-bond donors (Lipinski definition) is 1. The van der Waals surface area contributed by atoms with Gasteiger partial charge in [0.15, 0.2) is 0 Å². The molecule has 0 spiro atoms. The van der Waals surface area contributed by atoms with Crippen molar-refractivity contribution in [3.8, 4) is 6.07 Å². The van der Waals surface area contributed by atoms with Crippen molar-refractivity contribution in [2.45, 2.75) is 33.2 Å². The lowest BCUT2D eigenvalue weighted by Gasteiger charge is -2.25. The molecule has 98 valence electrons. The van der Waals surface area contributed by atoms with Crippen LogP contribution in [-0.2, 0) is 5.54 Å². The van der Waals surface area contributed by atoms with Crippen molar-refractivity contribution in [1.82, 2.24) is 9.97 Å². The van der Waals surface area contributed by atoms with Gasteiger partial charge in [-0.3, -0.25) is 0 Å². The van der Waals surface area contributed by atoms with Gasteiger partial charge in [0, 0.05) is 17.3 Å². The summed E-state index contributed by atoms with van der Waals surface area (Å²) in [7, 11) is 0. The fraction of sp³-hybridized carbons (Fsp3) is 0.357. The number of hydrogen-bond acceptors (Lipinski definition) is 5. The molecule has 2 aromatic heterocycles. The quantitative estimate of drug-likeness (QED) is 0.930. The van der Waals surface area contributed by atoms with E-state index in [1.54, 1.807) is 17.5 Å². The molecule has 0 bridgehead atoms. The van der Waals surface area contributed by atoms with E-state index in [-0.39, 0.29) is 5.54 Å². The number of anilines is 1. The van der Waals surface area contributed by atoms with E-state index in [9.17, 15) is 5.26 Å². The van der Waals surface area contributed by atoms with Crippen molar-refractivity contribution in [1.29, 1.82) is 5.26 Å². The minimum Gasteiger partial charge on any atom is -0.358 e. The van der Waals surface area contributed by atoms with Crippen LogP contribution in [0.3, 0.4) is 0 Å². The zero-order valence-electron chi connectivity index (χ0n) is 11.5. The smallest absolute Gasteiger partial charge is 0.145 e. The molecule has 2 aromatic rings. The number of aromatic nitrogens is 2. The Kier molecular flexibility index (Phi) is 3.54. The maximum absolute atomic E-state index is 9.27. The molecule has 0 aliphatic rings. The Hall–Kier alpha value is -1.93. The second-order valence-corrected chi connectivity index (χ2v) is 5.90. The van der Waals surface area contributed by atoms with Crippen LogP contribution in [0.1, 0.15) is 35.7 Å². The van der Waals surface area contributed by atoms with Gasteiger partial charge in [-0.1, -0.05) is 0 Å². The Morgan fingerprint density at radius 1 is 1.37 bits per heavy atom. The molecule has 0 aliphatic heterocycles. The van der Waals surface area contributed by atoms with Crippen LogP contribution in [0.2, 0.25) is 0 Å². The second-order valence-electron chi connectivity index (χ2n) is 5.00. The van der Waals surface area contributed by atoms with Gasteiger partial charge in [0.1, 0.15) is 16.9 Å². The lowest BCUT2D eigenvalue weighted by molar-refractivity contribution is 0.600. The lowest BCUT2D eigenvalue weighted by Crippen LogP contribution is -2.29. The van der Waals surface area contributed by atoms with Gasteiger partial charge in [-0.15, -0.1) is 11.3 Å². The average molecular weight is 272 g/mol. The number of rotatable bonds is 3. The molecule has 0 aromatic carbocycles. The fourth-order valence-electron chi connectivity index (χ4n) is 1.95. The summed E-state index contributed by atoms with van der Waals surface area (Å²) in [6.45, 7) is 7.92. The molecule has 0 saturated heterocycles. The molecule has 0 unspecified atom stereocenters. The third kappa shape index (κ3) is 2.74. The van der Waals surface area contributed by atoms with E-state index in [0.29, 0.717) is 11.4 Å². The number of pyridine rings is 1. The van der Waals surface area contributed by atoms with Gasteiger partial charge in [0.2, 0.25) is 0 Å². The Morgan fingerprint density at radius 3 is 2.68 bits per heavy atom. The van der Waals surface area contributed by atoms with Crippen LogP contribution in [0.5, 0.6) is 0 Å². The third-order valence-corrected chi connectivity index (χ3v) is 3.95. The van der Waals surface area contributed by atoms with Crippen LogP contribution in [0.4, 0.5) is 5.82 Å². The first-order valence-electron chi connectivity index (χ1n) is 6.00. The molecule has 2 heterocycles. The molecular weight excluding hydrogens is 256 g/mol. The minimum atomic E-state index is -0.354. The SMILES string of the molecule is Cc1cc(C)c(C#N)c(NC(C)(C)c2nccs2)n1. The molecular formula is C14H16N4S. The van der Waals surface area contributed by atoms with Crippen LogP contribution in [0, 0.1) is 25.2 Å². The molecule has 2 rings (SSSR count). The molecule has 0 aliphatic carbocycles. The zero-order chi connectivity index (χ0) is 14.0. The molecule has 0 amide bonds. The Balaban J connectivity index is 2.42. The predicted octanol–water partition coefficient (Wildman–Crippen LogP) is 3.37. The highest BCUT2D eigenvalue weighted by Gasteiger charge is 2.25. The molecule has 1 N–H and O–H groups in total. The van der Waals surface area contributed by atoms with Crippen LogP contribution >= 0.6 is 11.3 Å². The summed E-state index contributed by atoms with van der Waals surface area (Å²) in [6, 6.07) is 4.13. The average Bonchev–Trinajstić information content (AvgIpc) is 2.81. The lowest BCUT2D eigenvalue weighted by atomic mass is 10.0. The first-order chi connectivity index (χ1) is 8.94. The van der Waals surface area contributed by atoms with Crippen molar-refractivity contribution in [2.24, 2.45) is 0 Å². The van der Waals surface area contributed by atoms with Crippen molar-refractivity contribution in [3.63, 3.8) is 0 Å². The van der Waals surface area contributed by atoms with E-state index in [2.05, 4.69) is 21.4 Å². The Bertz CT molecular complexity index is 624. The van der Waals surface area contributed by atoms with E-state index in [4.69, 9.17) is 0 Å². The Labute approximate surface area is 117 Å². The van der Waals surface area contributed by atoms with Crippen LogP contribution < -0.4 is 5.32 Å². The van der Waals surface area contributed by atoms with Crippen LogP contribution in [0.25, 0.3) is 0 Å². The summed E-state index contributed by atoms with van der Waals surface area (Å²) in [5.41, 5.74) is 2.07. The summed E-state index contributed by atoms with van der Waals surface area (Å²) in [6.07, 6.45) is 1.78. The molecule has 0 saturated carbocycles. The Morgan fingerprint density at radius 2 is 2.11 bits per heavy atom. The van der Waals surface area contributed by atoms with Gasteiger partial charge in [0.25, 0.3) is 0 Å². The summed E-state index contributed by atoms with van der Waals surface area (Å²) in [4.78, 5) is 8.77. The summed E-state index contributed by atoms with van der Waals surface area (Å²) in [5, 5.41) is 15.5. The van der Waals surface area contributed by atoms with E-state index < -0.39 is 0 Å². The van der Waals surface area contributed by atoms with Crippen molar-refractivity contribution < 1.29 is 0 Å². The molecule has 0 radical (unpaired) electrons.